The molecule has 12 heavy (non-hydrogen) atoms. The summed E-state index contributed by atoms with van der Waals surface area (Å²) in [5, 5.41) is 0. The first kappa shape index (κ1) is 10.2. The topological polar surface area (TPSA) is 64.9 Å². The molecule has 0 radical (unpaired) electrons. The molecule has 0 fully saturated rings. The molecule has 0 aliphatic rings. The molecule has 0 saturated heterocycles. The molecule has 1 aromatic rings. The summed E-state index contributed by atoms with van der Waals surface area (Å²) < 4.78 is 0. The molecule has 1 aromatic heterocycles. The van der Waals surface area contributed by atoms with Gasteiger partial charge in [0, 0.05) is 23.8 Å². The number of rotatable bonds is 1. The van der Waals surface area contributed by atoms with Crippen LogP contribution in [0.2, 0.25) is 0 Å². The van der Waals surface area contributed by atoms with Crippen molar-refractivity contribution in [1.82, 2.24) is 4.98 Å². The minimum atomic E-state index is 0.343. The van der Waals surface area contributed by atoms with Crippen LogP contribution >= 0.6 is 0 Å². The number of aromatic nitrogens is 1. The van der Waals surface area contributed by atoms with Gasteiger partial charge in [0.15, 0.2) is 0 Å². The Kier molecular flexibility index (Phi) is 5.09. The van der Waals surface area contributed by atoms with Crippen molar-refractivity contribution >= 4 is 0 Å². The Balaban J connectivity index is 0.000000202. The highest BCUT2D eigenvalue weighted by Gasteiger charge is 1.78. The third-order valence-corrected chi connectivity index (χ3v) is 0.979. The van der Waals surface area contributed by atoms with Gasteiger partial charge in [0.05, 0.1) is 0 Å². The van der Waals surface area contributed by atoms with E-state index in [0.717, 1.165) is 0 Å². The van der Waals surface area contributed by atoms with Crippen LogP contribution in [0.15, 0.2) is 55.1 Å². The zero-order valence-electron chi connectivity index (χ0n) is 6.90. The average molecular weight is 163 g/mol. The molecular formula is C9H13N3. The molecule has 1 rings (SSSR count). The predicted octanol–water partition coefficient (Wildman–Crippen LogP) is 1.01. The maximum atomic E-state index is 5.02. The molecule has 3 nitrogen and oxygen atoms in total. The van der Waals surface area contributed by atoms with Gasteiger partial charge in [-0.15, -0.1) is 0 Å². The van der Waals surface area contributed by atoms with E-state index < -0.39 is 0 Å². The molecule has 4 N–H and O–H groups in total. The maximum Gasteiger partial charge on any atom is 0.0468 e. The fourth-order valence-electron chi connectivity index (χ4n) is 0.313. The fourth-order valence-corrected chi connectivity index (χ4v) is 0.313. The summed E-state index contributed by atoms with van der Waals surface area (Å²) in [6, 6.07) is 5.72. The molecule has 0 amide bonds. The van der Waals surface area contributed by atoms with E-state index >= 15 is 0 Å². The van der Waals surface area contributed by atoms with Gasteiger partial charge in [-0.3, -0.25) is 4.98 Å². The summed E-state index contributed by atoms with van der Waals surface area (Å²) >= 11 is 0. The number of nitrogens with two attached hydrogens (primary N) is 2. The molecule has 0 bridgehead atoms. The van der Waals surface area contributed by atoms with E-state index in [1.807, 2.05) is 18.2 Å². The lowest BCUT2D eigenvalue weighted by Crippen LogP contribution is -2.05. The summed E-state index contributed by atoms with van der Waals surface area (Å²) in [5.41, 5.74) is 10.7. The predicted molar refractivity (Wildman–Crippen MR) is 50.9 cm³/mol. The first-order valence-corrected chi connectivity index (χ1v) is 3.38. The van der Waals surface area contributed by atoms with Gasteiger partial charge in [0.2, 0.25) is 0 Å². The summed E-state index contributed by atoms with van der Waals surface area (Å²) in [5.74, 6) is 0. The lowest BCUT2D eigenvalue weighted by molar-refractivity contribution is 1.28. The van der Waals surface area contributed by atoms with Gasteiger partial charge in [-0.2, -0.15) is 0 Å². The van der Waals surface area contributed by atoms with Crippen molar-refractivity contribution in [3.63, 3.8) is 0 Å². The Morgan fingerprint density at radius 1 is 0.917 bits per heavy atom. The summed E-state index contributed by atoms with van der Waals surface area (Å²) in [6.45, 7) is 6.62. The van der Waals surface area contributed by atoms with Crippen LogP contribution in [-0.2, 0) is 0 Å². The quantitative estimate of drug-likeness (QED) is 0.607. The molecule has 3 heteroatoms. The lowest BCUT2D eigenvalue weighted by atomic mass is 10.4. The van der Waals surface area contributed by atoms with Gasteiger partial charge in [-0.1, -0.05) is 19.2 Å². The van der Waals surface area contributed by atoms with Crippen molar-refractivity contribution in [2.24, 2.45) is 11.5 Å². The van der Waals surface area contributed by atoms with Gasteiger partial charge in [0.25, 0.3) is 0 Å². The van der Waals surface area contributed by atoms with Crippen LogP contribution in [0.3, 0.4) is 0 Å². The SMILES string of the molecule is C=C(N)C(=C)N.c1ccncc1. The molecule has 0 atom stereocenters. The molecule has 0 spiro atoms. The smallest absolute Gasteiger partial charge is 0.0468 e. The highest BCUT2D eigenvalue weighted by Crippen LogP contribution is 1.81. The minimum absolute atomic E-state index is 0.343. The van der Waals surface area contributed by atoms with Crippen LogP contribution in [0.4, 0.5) is 0 Å². The monoisotopic (exact) mass is 163 g/mol. The standard InChI is InChI=1S/C5H5N.C4H8N2/c1-2-4-6-5-3-1;1-3(5)4(2)6/h1-5H;1-2,5-6H2. The molecule has 1 heterocycles. The van der Waals surface area contributed by atoms with Crippen LogP contribution in [0.5, 0.6) is 0 Å². The van der Waals surface area contributed by atoms with Crippen LogP contribution in [-0.4, -0.2) is 4.98 Å². The Bertz CT molecular complexity index is 203. The molecule has 0 aromatic carbocycles. The number of hydrogen-bond donors (Lipinski definition) is 2. The molecule has 0 aliphatic heterocycles. The maximum absolute atomic E-state index is 5.02. The summed E-state index contributed by atoms with van der Waals surface area (Å²) in [4.78, 5) is 3.78. The van der Waals surface area contributed by atoms with Gasteiger partial charge < -0.3 is 11.5 Å². The van der Waals surface area contributed by atoms with Gasteiger partial charge in [0.1, 0.15) is 0 Å². The summed E-state index contributed by atoms with van der Waals surface area (Å²) in [6.07, 6.45) is 3.50. The normalized spacial score (nSPS) is 7.67. The second-order valence-corrected chi connectivity index (χ2v) is 2.08. The first-order valence-electron chi connectivity index (χ1n) is 3.38. The average Bonchev–Trinajstić information content (AvgIpc) is 2.08. The van der Waals surface area contributed by atoms with Crippen LogP contribution < -0.4 is 11.5 Å². The number of pyridine rings is 1. The van der Waals surface area contributed by atoms with E-state index in [-0.39, 0.29) is 0 Å². The lowest BCUT2D eigenvalue weighted by Gasteiger charge is -1.89. The molecule has 64 valence electrons. The molecule has 0 aliphatic carbocycles. The Morgan fingerprint density at radius 2 is 1.33 bits per heavy atom. The Morgan fingerprint density at radius 3 is 1.42 bits per heavy atom. The second-order valence-electron chi connectivity index (χ2n) is 2.08. The second kappa shape index (κ2) is 5.97. The zero-order chi connectivity index (χ0) is 9.40. The van der Waals surface area contributed by atoms with E-state index in [4.69, 9.17) is 11.5 Å². The zero-order valence-corrected chi connectivity index (χ0v) is 6.90. The summed E-state index contributed by atoms with van der Waals surface area (Å²) in [7, 11) is 0. The number of hydrogen-bond acceptors (Lipinski definition) is 3. The van der Waals surface area contributed by atoms with Crippen LogP contribution in [0, 0.1) is 0 Å². The minimum Gasteiger partial charge on any atom is -0.398 e. The van der Waals surface area contributed by atoms with Crippen molar-refractivity contribution in [3.8, 4) is 0 Å². The fraction of sp³-hybridized carbons (Fsp3) is 0. The highest BCUT2D eigenvalue weighted by atomic mass is 14.7. The first-order chi connectivity index (χ1) is 5.64. The van der Waals surface area contributed by atoms with E-state index in [1.54, 1.807) is 12.4 Å². The van der Waals surface area contributed by atoms with Gasteiger partial charge in [-0.25, -0.2) is 0 Å². The number of nitrogens with zero attached hydrogens (tertiary/aromatic N) is 1. The Hall–Kier alpha value is -1.77. The molecular weight excluding hydrogens is 150 g/mol. The van der Waals surface area contributed by atoms with Gasteiger partial charge in [-0.05, 0) is 12.1 Å². The highest BCUT2D eigenvalue weighted by molar-refractivity contribution is 5.16. The molecule has 0 unspecified atom stereocenters. The third-order valence-electron chi connectivity index (χ3n) is 0.979. The van der Waals surface area contributed by atoms with Crippen molar-refractivity contribution in [1.29, 1.82) is 0 Å². The van der Waals surface area contributed by atoms with Gasteiger partial charge >= 0.3 is 0 Å². The van der Waals surface area contributed by atoms with Crippen molar-refractivity contribution in [2.45, 2.75) is 0 Å². The van der Waals surface area contributed by atoms with E-state index in [1.165, 1.54) is 0 Å². The van der Waals surface area contributed by atoms with E-state index in [0.29, 0.717) is 11.4 Å². The van der Waals surface area contributed by atoms with Crippen LogP contribution in [0.1, 0.15) is 0 Å². The van der Waals surface area contributed by atoms with E-state index in [9.17, 15) is 0 Å². The third kappa shape index (κ3) is 6.35. The van der Waals surface area contributed by atoms with Crippen LogP contribution in [0.25, 0.3) is 0 Å². The Labute approximate surface area is 72.4 Å². The van der Waals surface area contributed by atoms with Crippen molar-refractivity contribution < 1.29 is 0 Å². The van der Waals surface area contributed by atoms with Crippen molar-refractivity contribution in [2.75, 3.05) is 0 Å². The van der Waals surface area contributed by atoms with E-state index in [2.05, 4.69) is 18.1 Å². The largest absolute Gasteiger partial charge is 0.398 e. The molecule has 0 saturated carbocycles. The van der Waals surface area contributed by atoms with Crippen molar-refractivity contribution in [3.05, 3.63) is 55.1 Å².